The summed E-state index contributed by atoms with van der Waals surface area (Å²) in [5.74, 6) is 2.77. The fourth-order valence-electron chi connectivity index (χ4n) is 4.18. The Morgan fingerprint density at radius 3 is 2.86 bits per heavy atom. The first-order chi connectivity index (χ1) is 17.1. The van der Waals surface area contributed by atoms with E-state index in [0.29, 0.717) is 34.6 Å². The lowest BCUT2D eigenvalue weighted by molar-refractivity contribution is 0.478. The summed E-state index contributed by atoms with van der Waals surface area (Å²) >= 11 is 0. The van der Waals surface area contributed by atoms with Gasteiger partial charge in [0.1, 0.15) is 35.2 Å². The summed E-state index contributed by atoms with van der Waals surface area (Å²) in [5, 5.41) is 10.9. The second-order valence-electron chi connectivity index (χ2n) is 8.51. The zero-order chi connectivity index (χ0) is 23.8. The number of nitrogens with zero attached hydrogens (tertiary/aromatic N) is 8. The number of hydrogen-bond donors (Lipinski definition) is 2. The van der Waals surface area contributed by atoms with Gasteiger partial charge in [-0.05, 0) is 43.7 Å². The van der Waals surface area contributed by atoms with Gasteiger partial charge in [0, 0.05) is 43.6 Å². The number of pyridine rings is 1. The zero-order valence-corrected chi connectivity index (χ0v) is 20.6. The Morgan fingerprint density at radius 1 is 1.08 bits per heavy atom. The van der Waals surface area contributed by atoms with E-state index in [-0.39, 0.29) is 12.4 Å². The minimum absolute atomic E-state index is 0. The van der Waals surface area contributed by atoms with Gasteiger partial charge in [0.05, 0.1) is 6.20 Å². The fraction of sp³-hybridized carbons (Fsp3) is 0.250. The van der Waals surface area contributed by atoms with Gasteiger partial charge >= 0.3 is 0 Å². The Kier molecular flexibility index (Phi) is 6.49. The summed E-state index contributed by atoms with van der Waals surface area (Å²) in [6, 6.07) is 9.91. The zero-order valence-electron chi connectivity index (χ0n) is 19.8. The molecule has 0 radical (unpaired) electrons. The molecule has 184 valence electrons. The molecule has 0 spiro atoms. The lowest BCUT2D eigenvalue weighted by atomic mass is 10.2. The average Bonchev–Trinajstić information content (AvgIpc) is 3.34. The lowest BCUT2D eigenvalue weighted by Crippen LogP contribution is -2.50. The van der Waals surface area contributed by atoms with E-state index in [1.807, 2.05) is 43.5 Å². The van der Waals surface area contributed by atoms with Crippen LogP contribution in [-0.2, 0) is 0 Å². The van der Waals surface area contributed by atoms with Gasteiger partial charge in [0.2, 0.25) is 5.95 Å². The number of fused-ring (bicyclic) bond motifs is 2. The third kappa shape index (κ3) is 4.58. The molecule has 0 bridgehead atoms. The third-order valence-electron chi connectivity index (χ3n) is 6.04. The highest BCUT2D eigenvalue weighted by atomic mass is 35.5. The van der Waals surface area contributed by atoms with Gasteiger partial charge in [0.15, 0.2) is 11.5 Å². The van der Waals surface area contributed by atoms with Gasteiger partial charge < -0.3 is 20.3 Å². The van der Waals surface area contributed by atoms with Crippen molar-refractivity contribution in [3.63, 3.8) is 0 Å². The van der Waals surface area contributed by atoms with Crippen LogP contribution in [0.15, 0.2) is 55.4 Å². The van der Waals surface area contributed by atoms with Gasteiger partial charge in [-0.25, -0.2) is 29.4 Å². The molecule has 6 rings (SSSR count). The van der Waals surface area contributed by atoms with Crippen molar-refractivity contribution in [2.24, 2.45) is 0 Å². The van der Waals surface area contributed by atoms with E-state index in [4.69, 9.17) is 9.72 Å². The number of ether oxygens (including phenoxy) is 1. The molecular formula is C24H25ClN10O. The van der Waals surface area contributed by atoms with E-state index in [0.717, 1.165) is 42.3 Å². The molecule has 5 aromatic rings. The maximum atomic E-state index is 6.09. The van der Waals surface area contributed by atoms with Crippen LogP contribution in [0.3, 0.4) is 0 Å². The van der Waals surface area contributed by atoms with Crippen LogP contribution in [0.2, 0.25) is 0 Å². The first-order valence-electron chi connectivity index (χ1n) is 11.4. The Labute approximate surface area is 213 Å². The number of piperazine rings is 1. The second-order valence-corrected chi connectivity index (χ2v) is 8.51. The number of hydrogen-bond acceptors (Lipinski definition) is 10. The summed E-state index contributed by atoms with van der Waals surface area (Å²) < 4.78 is 7.78. The van der Waals surface area contributed by atoms with Gasteiger partial charge in [-0.1, -0.05) is 0 Å². The van der Waals surface area contributed by atoms with Crippen LogP contribution in [0.5, 0.6) is 11.5 Å². The third-order valence-corrected chi connectivity index (χ3v) is 6.04. The summed E-state index contributed by atoms with van der Waals surface area (Å²) in [6.45, 7) is 6.83. The lowest BCUT2D eigenvalue weighted by Gasteiger charge is -2.33. The van der Waals surface area contributed by atoms with E-state index in [2.05, 4.69) is 47.5 Å². The Hall–Kier alpha value is -4.09. The molecule has 1 aromatic carbocycles. The predicted molar refractivity (Wildman–Crippen MR) is 140 cm³/mol. The fourth-order valence-corrected chi connectivity index (χ4v) is 4.18. The van der Waals surface area contributed by atoms with Gasteiger partial charge in [-0.2, -0.15) is 5.10 Å². The molecule has 1 aliphatic rings. The first-order valence-corrected chi connectivity index (χ1v) is 11.4. The molecule has 0 aliphatic carbocycles. The molecule has 0 saturated carbocycles. The van der Waals surface area contributed by atoms with Crippen molar-refractivity contribution in [2.45, 2.75) is 19.9 Å². The molecule has 1 aliphatic heterocycles. The maximum absolute atomic E-state index is 6.09. The number of rotatable bonds is 5. The summed E-state index contributed by atoms with van der Waals surface area (Å²) in [6.07, 6.45) is 6.61. The minimum Gasteiger partial charge on any atom is -0.457 e. The molecule has 1 fully saturated rings. The highest BCUT2D eigenvalue weighted by molar-refractivity contribution is 5.87. The van der Waals surface area contributed by atoms with Crippen molar-refractivity contribution >= 4 is 46.5 Å². The molecule has 12 heteroatoms. The van der Waals surface area contributed by atoms with Crippen LogP contribution in [0.4, 0.5) is 17.5 Å². The Balaban J connectivity index is 0.00000267. The normalized spacial score (nSPS) is 15.6. The molecule has 0 unspecified atom stereocenters. The highest BCUT2D eigenvalue weighted by Crippen LogP contribution is 2.30. The molecule has 1 atom stereocenters. The summed E-state index contributed by atoms with van der Waals surface area (Å²) in [4.78, 5) is 24.6. The molecule has 36 heavy (non-hydrogen) atoms. The van der Waals surface area contributed by atoms with Gasteiger partial charge in [-0.3, -0.25) is 0 Å². The second kappa shape index (κ2) is 9.88. The summed E-state index contributed by atoms with van der Waals surface area (Å²) in [5.41, 5.74) is 3.95. The molecule has 4 aromatic heterocycles. The number of nitrogens with one attached hydrogen (secondary N) is 2. The standard InChI is InChI=1S/C24H24N10O.ClH/c1-15-9-17(3-4-20(15)35-18-5-7-34-21(10-18)28-14-30-34)31-23-22-19(27-13-29-23)12-26-24(32-22)33-8-6-25-11-16(33)2;/h3-5,7,9-10,12-14,16,25H,6,8,11H2,1-2H3,(H,27,29,31);1H/t16-;/m0./s1. The SMILES string of the molecule is Cc1cc(Nc2ncnc3cnc(N4CCNC[C@@H]4C)nc23)ccc1Oc1ccn2ncnc2c1.Cl. The van der Waals surface area contributed by atoms with Crippen molar-refractivity contribution < 1.29 is 4.74 Å². The van der Waals surface area contributed by atoms with Crippen LogP contribution < -0.4 is 20.3 Å². The van der Waals surface area contributed by atoms with Crippen LogP contribution in [0.25, 0.3) is 16.7 Å². The van der Waals surface area contributed by atoms with Crippen molar-refractivity contribution in [3.8, 4) is 11.5 Å². The van der Waals surface area contributed by atoms with Crippen LogP contribution in [0.1, 0.15) is 12.5 Å². The summed E-state index contributed by atoms with van der Waals surface area (Å²) in [7, 11) is 0. The predicted octanol–water partition coefficient (Wildman–Crippen LogP) is 3.53. The van der Waals surface area contributed by atoms with Crippen molar-refractivity contribution in [1.82, 2.24) is 39.9 Å². The van der Waals surface area contributed by atoms with E-state index in [9.17, 15) is 0 Å². The van der Waals surface area contributed by atoms with E-state index in [1.165, 1.54) is 12.7 Å². The number of aromatic nitrogens is 7. The van der Waals surface area contributed by atoms with Crippen molar-refractivity contribution in [2.75, 3.05) is 29.9 Å². The van der Waals surface area contributed by atoms with Crippen molar-refractivity contribution in [3.05, 3.63) is 60.9 Å². The molecule has 2 N–H and O–H groups in total. The van der Waals surface area contributed by atoms with E-state index in [1.54, 1.807) is 10.7 Å². The number of halogens is 1. The first kappa shape index (κ1) is 23.6. The molecule has 0 amide bonds. The van der Waals surface area contributed by atoms with Crippen molar-refractivity contribution in [1.29, 1.82) is 0 Å². The maximum Gasteiger partial charge on any atom is 0.226 e. The van der Waals surface area contributed by atoms with Gasteiger partial charge in [0.25, 0.3) is 0 Å². The smallest absolute Gasteiger partial charge is 0.226 e. The van der Waals surface area contributed by atoms with Crippen LogP contribution in [0, 0.1) is 6.92 Å². The Bertz CT molecular complexity index is 1520. The van der Waals surface area contributed by atoms with Crippen LogP contribution in [-0.4, -0.2) is 60.2 Å². The number of benzene rings is 1. The molecule has 5 heterocycles. The Morgan fingerprint density at radius 2 is 2.00 bits per heavy atom. The average molecular weight is 505 g/mol. The number of anilines is 3. The largest absolute Gasteiger partial charge is 0.457 e. The highest BCUT2D eigenvalue weighted by Gasteiger charge is 2.21. The topological polar surface area (TPSA) is 118 Å². The molecule has 1 saturated heterocycles. The van der Waals surface area contributed by atoms with Gasteiger partial charge in [-0.15, -0.1) is 12.4 Å². The molecule has 11 nitrogen and oxygen atoms in total. The minimum atomic E-state index is 0. The van der Waals surface area contributed by atoms with Crippen LogP contribution >= 0.6 is 12.4 Å². The monoisotopic (exact) mass is 504 g/mol. The van der Waals surface area contributed by atoms with E-state index < -0.39 is 0 Å². The number of aryl methyl sites for hydroxylation is 1. The molecular weight excluding hydrogens is 480 g/mol. The van der Waals surface area contributed by atoms with E-state index >= 15 is 0 Å². The quantitative estimate of drug-likeness (QED) is 0.368.